The monoisotopic (exact) mass is 492 g/mol. The van der Waals surface area contributed by atoms with Crippen LogP contribution in [0.1, 0.15) is 67.6 Å². The highest BCUT2D eigenvalue weighted by molar-refractivity contribution is 5.40. The Kier molecular flexibility index (Phi) is 7.76. The Bertz CT molecular complexity index is 1040. The standard InChI is InChI=1S/C35H44N2/c1-5-13-29(14-6-1)25-37-27-31(34(28-37)30-15-7-2-8-16-30)26-36-23-21-35(22-24-36,32-17-9-3-10-18-32)33-19-11-4-12-20-33/h2-4,7-12,15-20,29,31,34H,1,5-6,13-14,21-28H2/t31-,34+/m0/s1. The second-order valence-electron chi connectivity index (χ2n) is 12.1. The van der Waals surface area contributed by atoms with Crippen molar-refractivity contribution in [2.24, 2.45) is 11.8 Å². The lowest BCUT2D eigenvalue weighted by Gasteiger charge is -2.44. The molecule has 0 amide bonds. The van der Waals surface area contributed by atoms with Crippen LogP contribution in [0.4, 0.5) is 0 Å². The van der Waals surface area contributed by atoms with Gasteiger partial charge in [-0.15, -0.1) is 0 Å². The van der Waals surface area contributed by atoms with Crippen molar-refractivity contribution >= 4 is 0 Å². The van der Waals surface area contributed by atoms with Crippen molar-refractivity contribution in [1.29, 1.82) is 0 Å². The summed E-state index contributed by atoms with van der Waals surface area (Å²) in [7, 11) is 0. The van der Waals surface area contributed by atoms with Gasteiger partial charge in [0, 0.05) is 37.5 Å². The molecule has 1 saturated carbocycles. The lowest BCUT2D eigenvalue weighted by Crippen LogP contribution is -2.45. The van der Waals surface area contributed by atoms with E-state index < -0.39 is 0 Å². The van der Waals surface area contributed by atoms with Crippen LogP contribution in [0, 0.1) is 11.8 Å². The number of benzene rings is 3. The summed E-state index contributed by atoms with van der Waals surface area (Å²) in [6.07, 6.45) is 9.65. The van der Waals surface area contributed by atoms with Crippen molar-refractivity contribution in [2.75, 3.05) is 39.3 Å². The molecule has 3 aliphatic rings. The minimum atomic E-state index is 0.139. The van der Waals surface area contributed by atoms with Gasteiger partial charge in [-0.05, 0) is 67.3 Å². The summed E-state index contributed by atoms with van der Waals surface area (Å²) in [5.74, 6) is 2.32. The number of piperidine rings is 1. The number of likely N-dealkylation sites (tertiary alicyclic amines) is 2. The molecule has 194 valence electrons. The first-order valence-electron chi connectivity index (χ1n) is 14.9. The summed E-state index contributed by atoms with van der Waals surface area (Å²) in [6.45, 7) is 7.45. The number of hydrogen-bond donors (Lipinski definition) is 0. The van der Waals surface area contributed by atoms with E-state index in [0.717, 1.165) is 11.8 Å². The van der Waals surface area contributed by atoms with Gasteiger partial charge in [-0.3, -0.25) is 0 Å². The lowest BCUT2D eigenvalue weighted by atomic mass is 9.68. The first kappa shape index (κ1) is 24.9. The third-order valence-corrected chi connectivity index (χ3v) is 9.84. The van der Waals surface area contributed by atoms with Gasteiger partial charge in [0.2, 0.25) is 0 Å². The van der Waals surface area contributed by atoms with E-state index in [1.807, 2.05) is 0 Å². The van der Waals surface area contributed by atoms with Crippen LogP contribution in [0.5, 0.6) is 0 Å². The van der Waals surface area contributed by atoms with Crippen LogP contribution in [0.2, 0.25) is 0 Å². The highest BCUT2D eigenvalue weighted by Gasteiger charge is 2.40. The van der Waals surface area contributed by atoms with E-state index in [1.165, 1.54) is 95.3 Å². The van der Waals surface area contributed by atoms with Crippen LogP contribution in [-0.2, 0) is 5.41 Å². The third-order valence-electron chi connectivity index (χ3n) is 9.84. The zero-order valence-corrected chi connectivity index (χ0v) is 22.5. The topological polar surface area (TPSA) is 6.48 Å². The van der Waals surface area contributed by atoms with Gasteiger partial charge in [-0.2, -0.15) is 0 Å². The summed E-state index contributed by atoms with van der Waals surface area (Å²) < 4.78 is 0. The fourth-order valence-electron chi connectivity index (χ4n) is 7.81. The first-order chi connectivity index (χ1) is 18.3. The van der Waals surface area contributed by atoms with Crippen LogP contribution in [-0.4, -0.2) is 49.1 Å². The summed E-state index contributed by atoms with van der Waals surface area (Å²) in [5.41, 5.74) is 4.67. The van der Waals surface area contributed by atoms with Crippen molar-refractivity contribution in [3.8, 4) is 0 Å². The number of nitrogens with zero attached hydrogens (tertiary/aromatic N) is 2. The Morgan fingerprint density at radius 1 is 0.595 bits per heavy atom. The van der Waals surface area contributed by atoms with E-state index >= 15 is 0 Å². The second-order valence-corrected chi connectivity index (χ2v) is 12.1. The fraction of sp³-hybridized carbons (Fsp3) is 0.486. The Labute approximate surface area is 224 Å². The molecule has 2 atom stereocenters. The molecule has 1 aliphatic carbocycles. The van der Waals surface area contributed by atoms with Gasteiger partial charge in [0.1, 0.15) is 0 Å². The first-order valence-corrected chi connectivity index (χ1v) is 14.9. The van der Waals surface area contributed by atoms with Crippen LogP contribution in [0.15, 0.2) is 91.0 Å². The predicted octanol–water partition coefficient (Wildman–Crippen LogP) is 7.36. The number of rotatable bonds is 7. The van der Waals surface area contributed by atoms with E-state index in [2.05, 4.69) is 101 Å². The third kappa shape index (κ3) is 5.56. The van der Waals surface area contributed by atoms with Crippen molar-refractivity contribution in [3.63, 3.8) is 0 Å². The van der Waals surface area contributed by atoms with Crippen molar-refractivity contribution in [3.05, 3.63) is 108 Å². The van der Waals surface area contributed by atoms with Gasteiger partial charge in [-0.25, -0.2) is 0 Å². The van der Waals surface area contributed by atoms with Crippen molar-refractivity contribution < 1.29 is 0 Å². The summed E-state index contributed by atoms with van der Waals surface area (Å²) in [4.78, 5) is 5.63. The molecule has 3 fully saturated rings. The maximum Gasteiger partial charge on any atom is 0.0227 e. The highest BCUT2D eigenvalue weighted by atomic mass is 15.2. The lowest BCUT2D eigenvalue weighted by molar-refractivity contribution is 0.150. The molecule has 0 spiro atoms. The van der Waals surface area contributed by atoms with Crippen LogP contribution in [0.25, 0.3) is 0 Å². The Balaban J connectivity index is 1.16. The van der Waals surface area contributed by atoms with Gasteiger partial charge in [-0.1, -0.05) is 110 Å². The molecule has 37 heavy (non-hydrogen) atoms. The molecule has 2 heteroatoms. The molecule has 0 unspecified atom stereocenters. The number of hydrogen-bond acceptors (Lipinski definition) is 2. The molecule has 0 bridgehead atoms. The summed E-state index contributed by atoms with van der Waals surface area (Å²) in [5, 5.41) is 0. The van der Waals surface area contributed by atoms with E-state index in [-0.39, 0.29) is 5.41 Å². The molecule has 2 aliphatic heterocycles. The minimum Gasteiger partial charge on any atom is -0.303 e. The molecule has 0 aromatic heterocycles. The molecule has 0 N–H and O–H groups in total. The molecule has 2 saturated heterocycles. The van der Waals surface area contributed by atoms with Gasteiger partial charge >= 0.3 is 0 Å². The molecule has 3 aromatic rings. The molecule has 2 heterocycles. The molecule has 2 nitrogen and oxygen atoms in total. The van der Waals surface area contributed by atoms with Crippen LogP contribution >= 0.6 is 0 Å². The largest absolute Gasteiger partial charge is 0.303 e. The zero-order valence-electron chi connectivity index (χ0n) is 22.5. The van der Waals surface area contributed by atoms with Gasteiger partial charge < -0.3 is 9.80 Å². The Morgan fingerprint density at radius 3 is 1.76 bits per heavy atom. The quantitative estimate of drug-likeness (QED) is 0.340. The maximum absolute atomic E-state index is 2.83. The van der Waals surface area contributed by atoms with Crippen molar-refractivity contribution in [1.82, 2.24) is 9.80 Å². The van der Waals surface area contributed by atoms with Gasteiger partial charge in [0.25, 0.3) is 0 Å². The van der Waals surface area contributed by atoms with E-state index in [4.69, 9.17) is 0 Å². The average Bonchev–Trinajstić information content (AvgIpc) is 3.37. The SMILES string of the molecule is c1ccc([C@H]2CN(CC3CCCCC3)C[C@@H]2CN2CCC(c3ccccc3)(c3ccccc3)CC2)cc1. The summed E-state index contributed by atoms with van der Waals surface area (Å²) >= 11 is 0. The fourth-order valence-corrected chi connectivity index (χ4v) is 7.81. The van der Waals surface area contributed by atoms with E-state index in [0.29, 0.717) is 5.92 Å². The second kappa shape index (κ2) is 11.5. The summed E-state index contributed by atoms with van der Waals surface area (Å²) in [6, 6.07) is 34.0. The van der Waals surface area contributed by atoms with Crippen molar-refractivity contribution in [2.45, 2.75) is 56.3 Å². The minimum absolute atomic E-state index is 0.139. The highest BCUT2D eigenvalue weighted by Crippen LogP contribution is 2.43. The van der Waals surface area contributed by atoms with Crippen LogP contribution < -0.4 is 0 Å². The van der Waals surface area contributed by atoms with Gasteiger partial charge in [0.15, 0.2) is 0 Å². The van der Waals surface area contributed by atoms with Crippen LogP contribution in [0.3, 0.4) is 0 Å². The zero-order chi connectivity index (χ0) is 24.9. The molecule has 3 aromatic carbocycles. The molecular weight excluding hydrogens is 448 g/mol. The van der Waals surface area contributed by atoms with Gasteiger partial charge in [0.05, 0.1) is 0 Å². The van der Waals surface area contributed by atoms with E-state index in [1.54, 1.807) is 5.56 Å². The normalized spacial score (nSPS) is 25.3. The maximum atomic E-state index is 2.83. The molecular formula is C35H44N2. The Morgan fingerprint density at radius 2 is 1.16 bits per heavy atom. The average molecular weight is 493 g/mol. The Hall–Kier alpha value is -2.42. The predicted molar refractivity (Wildman–Crippen MR) is 155 cm³/mol. The smallest absolute Gasteiger partial charge is 0.0227 e. The molecule has 0 radical (unpaired) electrons. The van der Waals surface area contributed by atoms with E-state index in [9.17, 15) is 0 Å². The molecule has 6 rings (SSSR count).